The van der Waals surface area contributed by atoms with Crippen LogP contribution in [0.5, 0.6) is 17.2 Å². The molecule has 0 aliphatic heterocycles. The minimum absolute atomic E-state index is 0.150. The van der Waals surface area contributed by atoms with Crippen LogP contribution in [0.2, 0.25) is 0 Å². The van der Waals surface area contributed by atoms with Gasteiger partial charge in [0.25, 0.3) is 5.91 Å². The Hall–Kier alpha value is -4.33. The lowest BCUT2D eigenvalue weighted by atomic mass is 10.1. The number of hydrogen-bond donors (Lipinski definition) is 1. The van der Waals surface area contributed by atoms with E-state index in [9.17, 15) is 9.18 Å². The minimum atomic E-state index is -0.409. The van der Waals surface area contributed by atoms with Gasteiger partial charge < -0.3 is 24.1 Å². The first-order valence-corrected chi connectivity index (χ1v) is 10.6. The first-order chi connectivity index (χ1) is 16.6. The molecule has 0 bridgehead atoms. The summed E-state index contributed by atoms with van der Waals surface area (Å²) in [5, 5.41) is 2.80. The summed E-state index contributed by atoms with van der Waals surface area (Å²) in [6.07, 6.45) is 4.76. The fourth-order valence-corrected chi connectivity index (χ4v) is 3.44. The zero-order valence-electron chi connectivity index (χ0n) is 18.8. The Labute approximate surface area is 196 Å². The van der Waals surface area contributed by atoms with Crippen LogP contribution in [0.25, 0.3) is 5.69 Å². The second-order valence-corrected chi connectivity index (χ2v) is 7.42. The van der Waals surface area contributed by atoms with E-state index in [0.717, 1.165) is 5.56 Å². The number of amides is 1. The molecule has 34 heavy (non-hydrogen) atoms. The predicted molar refractivity (Wildman–Crippen MR) is 125 cm³/mol. The highest BCUT2D eigenvalue weighted by Gasteiger charge is 2.18. The number of halogens is 1. The van der Waals surface area contributed by atoms with Gasteiger partial charge in [0, 0.05) is 24.5 Å². The summed E-state index contributed by atoms with van der Waals surface area (Å²) in [5.74, 6) is 0.383. The maximum atomic E-state index is 14.5. The van der Waals surface area contributed by atoms with Crippen molar-refractivity contribution < 1.29 is 23.4 Å². The van der Waals surface area contributed by atoms with Crippen LogP contribution in [0, 0.1) is 5.82 Å². The third-order valence-corrected chi connectivity index (χ3v) is 5.20. The lowest BCUT2D eigenvalue weighted by Crippen LogP contribution is -2.23. The maximum absolute atomic E-state index is 14.5. The van der Waals surface area contributed by atoms with Gasteiger partial charge in [0.1, 0.15) is 12.4 Å². The van der Waals surface area contributed by atoms with E-state index in [1.807, 2.05) is 30.3 Å². The van der Waals surface area contributed by atoms with Crippen LogP contribution in [0.3, 0.4) is 0 Å². The second-order valence-electron chi connectivity index (χ2n) is 7.42. The van der Waals surface area contributed by atoms with Gasteiger partial charge in [-0.05, 0) is 35.4 Å². The van der Waals surface area contributed by atoms with Crippen LogP contribution in [-0.4, -0.2) is 29.7 Å². The quantitative estimate of drug-likeness (QED) is 0.396. The summed E-state index contributed by atoms with van der Waals surface area (Å²) in [4.78, 5) is 16.7. The number of methoxy groups -OCH3 is 2. The molecule has 4 rings (SSSR count). The Morgan fingerprint density at radius 3 is 2.35 bits per heavy atom. The number of nitrogens with zero attached hydrogens (tertiary/aromatic N) is 2. The fourth-order valence-electron chi connectivity index (χ4n) is 3.44. The van der Waals surface area contributed by atoms with Crippen LogP contribution in [0.15, 0.2) is 79.4 Å². The second kappa shape index (κ2) is 10.5. The Balaban J connectivity index is 1.47. The van der Waals surface area contributed by atoms with E-state index < -0.39 is 5.82 Å². The van der Waals surface area contributed by atoms with Crippen molar-refractivity contribution in [2.75, 3.05) is 14.2 Å². The number of aromatic nitrogens is 2. The van der Waals surface area contributed by atoms with E-state index in [1.165, 1.54) is 26.6 Å². The monoisotopic (exact) mass is 461 g/mol. The van der Waals surface area contributed by atoms with Crippen molar-refractivity contribution in [1.82, 2.24) is 14.9 Å². The van der Waals surface area contributed by atoms with Crippen molar-refractivity contribution in [3.63, 3.8) is 0 Å². The summed E-state index contributed by atoms with van der Waals surface area (Å²) in [5.41, 5.74) is 2.32. The van der Waals surface area contributed by atoms with Crippen LogP contribution in [0.4, 0.5) is 4.39 Å². The van der Waals surface area contributed by atoms with Crippen LogP contribution < -0.4 is 19.5 Å². The molecular weight excluding hydrogens is 437 g/mol. The van der Waals surface area contributed by atoms with Gasteiger partial charge in [-0.25, -0.2) is 9.37 Å². The molecule has 7 nitrogen and oxygen atoms in total. The molecule has 1 N–H and O–H groups in total. The Morgan fingerprint density at radius 1 is 1.00 bits per heavy atom. The van der Waals surface area contributed by atoms with Gasteiger partial charge in [0.2, 0.25) is 5.75 Å². The van der Waals surface area contributed by atoms with Gasteiger partial charge in [-0.1, -0.05) is 36.4 Å². The van der Waals surface area contributed by atoms with Gasteiger partial charge in [0.05, 0.1) is 26.2 Å². The molecule has 0 aliphatic carbocycles. The highest BCUT2D eigenvalue weighted by atomic mass is 19.1. The maximum Gasteiger partial charge on any atom is 0.251 e. The molecule has 0 saturated heterocycles. The van der Waals surface area contributed by atoms with Crippen molar-refractivity contribution in [2.24, 2.45) is 0 Å². The molecule has 0 atom stereocenters. The fraction of sp³-hybridized carbons (Fsp3) is 0.154. The molecule has 0 unspecified atom stereocenters. The molecule has 174 valence electrons. The summed E-state index contributed by atoms with van der Waals surface area (Å²) in [6.45, 7) is 0.469. The highest BCUT2D eigenvalue weighted by molar-refractivity contribution is 5.95. The van der Waals surface area contributed by atoms with Crippen molar-refractivity contribution in [3.8, 4) is 22.9 Å². The summed E-state index contributed by atoms with van der Waals surface area (Å²) in [7, 11) is 2.99. The summed E-state index contributed by atoms with van der Waals surface area (Å²) >= 11 is 0. The minimum Gasteiger partial charge on any atom is -0.493 e. The number of benzene rings is 3. The van der Waals surface area contributed by atoms with Gasteiger partial charge in [-0.2, -0.15) is 0 Å². The average molecular weight is 461 g/mol. The van der Waals surface area contributed by atoms with Crippen molar-refractivity contribution in [3.05, 3.63) is 102 Å². The highest BCUT2D eigenvalue weighted by Crippen LogP contribution is 2.39. The SMILES string of the molecule is COc1cc(C(=O)NCc2ccc(-n3ccnc3)c(F)c2)cc(OC)c1OCc1ccccc1. The molecule has 4 aromatic rings. The van der Waals surface area contributed by atoms with Crippen molar-refractivity contribution in [2.45, 2.75) is 13.2 Å². The molecule has 1 aromatic heterocycles. The first kappa shape index (κ1) is 22.8. The average Bonchev–Trinajstić information content (AvgIpc) is 3.40. The molecule has 0 saturated carbocycles. The molecule has 1 heterocycles. The Morgan fingerprint density at radius 2 is 1.74 bits per heavy atom. The van der Waals surface area contributed by atoms with E-state index in [-0.39, 0.29) is 12.5 Å². The number of rotatable bonds is 9. The zero-order valence-corrected chi connectivity index (χ0v) is 18.8. The Bertz CT molecular complexity index is 1240. The summed E-state index contributed by atoms with van der Waals surface area (Å²) in [6, 6.07) is 17.6. The number of ether oxygens (including phenoxy) is 3. The third-order valence-electron chi connectivity index (χ3n) is 5.20. The topological polar surface area (TPSA) is 74.6 Å². The van der Waals surface area contributed by atoms with Gasteiger partial charge in [-0.15, -0.1) is 0 Å². The number of imidazole rings is 1. The van der Waals surface area contributed by atoms with Crippen LogP contribution >= 0.6 is 0 Å². The lowest BCUT2D eigenvalue weighted by Gasteiger charge is -2.16. The van der Waals surface area contributed by atoms with E-state index in [1.54, 1.807) is 41.2 Å². The van der Waals surface area contributed by atoms with E-state index >= 15 is 0 Å². The van der Waals surface area contributed by atoms with Crippen LogP contribution in [-0.2, 0) is 13.2 Å². The molecular formula is C26H24FN3O4. The number of nitrogens with one attached hydrogen (secondary N) is 1. The van der Waals surface area contributed by atoms with Crippen molar-refractivity contribution >= 4 is 5.91 Å². The predicted octanol–water partition coefficient (Wildman–Crippen LogP) is 4.54. The first-order valence-electron chi connectivity index (χ1n) is 10.6. The van der Waals surface area contributed by atoms with E-state index in [2.05, 4.69) is 10.3 Å². The molecule has 0 spiro atoms. The zero-order chi connectivity index (χ0) is 23.9. The lowest BCUT2D eigenvalue weighted by molar-refractivity contribution is 0.0950. The molecule has 1 amide bonds. The standard InChI is InChI=1S/C26H24FN3O4/c1-32-23-13-20(14-24(33-2)25(23)34-16-18-6-4-3-5-7-18)26(31)29-15-19-8-9-22(21(27)12-19)30-11-10-28-17-30/h3-14,17H,15-16H2,1-2H3,(H,29,31). The van der Waals surface area contributed by atoms with Crippen LogP contribution in [0.1, 0.15) is 21.5 Å². The number of hydrogen-bond acceptors (Lipinski definition) is 5. The molecule has 0 radical (unpaired) electrons. The smallest absolute Gasteiger partial charge is 0.251 e. The molecule has 8 heteroatoms. The number of carbonyl (C=O) groups is 1. The number of carbonyl (C=O) groups excluding carboxylic acids is 1. The molecule has 0 aliphatic rings. The van der Waals surface area contributed by atoms with Crippen molar-refractivity contribution in [1.29, 1.82) is 0 Å². The van der Waals surface area contributed by atoms with Gasteiger partial charge >= 0.3 is 0 Å². The van der Waals surface area contributed by atoms with E-state index in [4.69, 9.17) is 14.2 Å². The summed E-state index contributed by atoms with van der Waals surface area (Å²) < 4.78 is 32.9. The van der Waals surface area contributed by atoms with E-state index in [0.29, 0.717) is 40.7 Å². The van der Waals surface area contributed by atoms with Gasteiger partial charge in [0.15, 0.2) is 11.5 Å². The third kappa shape index (κ3) is 5.17. The largest absolute Gasteiger partial charge is 0.493 e. The Kier molecular flexibility index (Phi) is 7.07. The molecule has 0 fully saturated rings. The molecule has 3 aromatic carbocycles. The van der Waals surface area contributed by atoms with Gasteiger partial charge in [-0.3, -0.25) is 4.79 Å². The normalized spacial score (nSPS) is 10.6.